The molecule has 4 heteroatoms. The normalized spacial score (nSPS) is 11.2. The van der Waals surface area contributed by atoms with Crippen LogP contribution in [0.15, 0.2) is 30.3 Å². The van der Waals surface area contributed by atoms with E-state index in [0.717, 1.165) is 5.56 Å². The van der Waals surface area contributed by atoms with Gasteiger partial charge in [0.25, 0.3) is 0 Å². The van der Waals surface area contributed by atoms with E-state index in [1.165, 1.54) is 0 Å². The van der Waals surface area contributed by atoms with E-state index in [4.69, 9.17) is 0 Å². The maximum Gasteiger partial charge on any atom is 0.239 e. The molecular formula is C15H22N2O2. The van der Waals surface area contributed by atoms with Crippen molar-refractivity contribution in [1.29, 1.82) is 0 Å². The monoisotopic (exact) mass is 262 g/mol. The molecule has 0 aliphatic rings. The Kier molecular flexibility index (Phi) is 5.10. The topological polar surface area (TPSA) is 58.2 Å². The largest absolute Gasteiger partial charge is 0.352 e. The molecule has 0 unspecified atom stereocenters. The molecule has 19 heavy (non-hydrogen) atoms. The zero-order chi connectivity index (χ0) is 14.5. The maximum atomic E-state index is 12.2. The van der Waals surface area contributed by atoms with Crippen LogP contribution in [-0.2, 0) is 15.0 Å². The van der Waals surface area contributed by atoms with Crippen LogP contribution in [0.25, 0.3) is 0 Å². The molecule has 0 radical (unpaired) electrons. The number of carbonyl (C=O) groups is 2. The molecule has 2 amide bonds. The smallest absolute Gasteiger partial charge is 0.239 e. The molecule has 0 spiro atoms. The summed E-state index contributed by atoms with van der Waals surface area (Å²) < 4.78 is 0. The molecule has 0 fully saturated rings. The maximum absolute atomic E-state index is 12.2. The van der Waals surface area contributed by atoms with Gasteiger partial charge in [0, 0.05) is 6.04 Å². The minimum Gasteiger partial charge on any atom is -0.352 e. The lowest BCUT2D eigenvalue weighted by Gasteiger charge is -2.24. The van der Waals surface area contributed by atoms with Gasteiger partial charge in [0.15, 0.2) is 0 Å². The fraction of sp³-hybridized carbons (Fsp3) is 0.467. The second-order valence-corrected chi connectivity index (χ2v) is 5.40. The summed E-state index contributed by atoms with van der Waals surface area (Å²) >= 11 is 0. The summed E-state index contributed by atoms with van der Waals surface area (Å²) in [5, 5.41) is 5.41. The van der Waals surface area contributed by atoms with Gasteiger partial charge in [-0.05, 0) is 33.3 Å². The number of carbonyl (C=O) groups excluding carboxylic acids is 2. The Hall–Kier alpha value is -1.84. The van der Waals surface area contributed by atoms with Gasteiger partial charge in [0.2, 0.25) is 11.8 Å². The highest BCUT2D eigenvalue weighted by Crippen LogP contribution is 2.22. The van der Waals surface area contributed by atoms with Crippen molar-refractivity contribution in [2.45, 2.75) is 39.2 Å². The Morgan fingerprint density at radius 1 is 1.16 bits per heavy atom. The summed E-state index contributed by atoms with van der Waals surface area (Å²) in [5.74, 6) is -0.329. The van der Waals surface area contributed by atoms with Crippen molar-refractivity contribution in [3.63, 3.8) is 0 Å². The number of benzene rings is 1. The fourth-order valence-corrected chi connectivity index (χ4v) is 1.74. The number of nitrogens with one attached hydrogen (secondary N) is 2. The van der Waals surface area contributed by atoms with Gasteiger partial charge >= 0.3 is 0 Å². The summed E-state index contributed by atoms with van der Waals surface area (Å²) in [6, 6.07) is 9.60. The lowest BCUT2D eigenvalue weighted by atomic mass is 9.84. The van der Waals surface area contributed by atoms with Gasteiger partial charge in [-0.3, -0.25) is 9.59 Å². The third kappa shape index (κ3) is 4.39. The predicted molar refractivity (Wildman–Crippen MR) is 75.8 cm³/mol. The summed E-state index contributed by atoms with van der Waals surface area (Å²) in [6.07, 6.45) is 0. The summed E-state index contributed by atoms with van der Waals surface area (Å²) in [7, 11) is 0. The van der Waals surface area contributed by atoms with E-state index < -0.39 is 5.41 Å². The highest BCUT2D eigenvalue weighted by atomic mass is 16.2. The summed E-state index contributed by atoms with van der Waals surface area (Å²) in [5.41, 5.74) is 0.274. The SMILES string of the molecule is CC(C)NC(=O)CNC(=O)C(C)(C)c1ccccc1. The quantitative estimate of drug-likeness (QED) is 0.847. The molecule has 1 aromatic rings. The van der Waals surface area contributed by atoms with Crippen molar-refractivity contribution < 1.29 is 9.59 Å². The van der Waals surface area contributed by atoms with Crippen LogP contribution in [0.5, 0.6) is 0 Å². The molecule has 0 atom stereocenters. The van der Waals surface area contributed by atoms with Crippen LogP contribution in [0.4, 0.5) is 0 Å². The van der Waals surface area contributed by atoms with Crippen LogP contribution >= 0.6 is 0 Å². The molecule has 0 heterocycles. The van der Waals surface area contributed by atoms with Gasteiger partial charge in [-0.1, -0.05) is 30.3 Å². The Morgan fingerprint density at radius 3 is 2.26 bits per heavy atom. The predicted octanol–water partition coefficient (Wildman–Crippen LogP) is 1.60. The van der Waals surface area contributed by atoms with Gasteiger partial charge in [-0.15, -0.1) is 0 Å². The van der Waals surface area contributed by atoms with Crippen LogP contribution in [0.3, 0.4) is 0 Å². The van der Waals surface area contributed by atoms with Crippen LogP contribution in [0.2, 0.25) is 0 Å². The Balaban J connectivity index is 2.60. The molecule has 2 N–H and O–H groups in total. The molecule has 0 aliphatic carbocycles. The average Bonchev–Trinajstić information content (AvgIpc) is 2.36. The van der Waals surface area contributed by atoms with E-state index in [0.29, 0.717) is 0 Å². The van der Waals surface area contributed by atoms with Gasteiger partial charge < -0.3 is 10.6 Å². The molecule has 0 bridgehead atoms. The highest BCUT2D eigenvalue weighted by Gasteiger charge is 2.29. The minimum atomic E-state index is -0.653. The van der Waals surface area contributed by atoms with Crippen molar-refractivity contribution in [2.24, 2.45) is 0 Å². The average molecular weight is 262 g/mol. The van der Waals surface area contributed by atoms with Crippen molar-refractivity contribution >= 4 is 11.8 Å². The molecule has 0 saturated heterocycles. The minimum absolute atomic E-state index is 0.00722. The number of hydrogen-bond acceptors (Lipinski definition) is 2. The van der Waals surface area contributed by atoms with E-state index in [2.05, 4.69) is 10.6 Å². The first-order valence-electron chi connectivity index (χ1n) is 6.47. The van der Waals surface area contributed by atoms with E-state index in [-0.39, 0.29) is 24.4 Å². The zero-order valence-corrected chi connectivity index (χ0v) is 12.0. The summed E-state index contributed by atoms with van der Waals surface area (Å²) in [4.78, 5) is 23.7. The molecule has 0 aliphatic heterocycles. The number of rotatable bonds is 5. The fourth-order valence-electron chi connectivity index (χ4n) is 1.74. The Bertz CT molecular complexity index is 439. The summed E-state index contributed by atoms with van der Waals surface area (Å²) in [6.45, 7) is 7.46. The third-order valence-electron chi connectivity index (χ3n) is 2.92. The van der Waals surface area contributed by atoms with Gasteiger partial charge in [-0.2, -0.15) is 0 Å². The first-order valence-corrected chi connectivity index (χ1v) is 6.47. The highest BCUT2D eigenvalue weighted by molar-refractivity contribution is 5.90. The first kappa shape index (κ1) is 15.2. The molecule has 1 rings (SSSR count). The molecule has 4 nitrogen and oxygen atoms in total. The Morgan fingerprint density at radius 2 is 1.74 bits per heavy atom. The van der Waals surface area contributed by atoms with Gasteiger partial charge in [0.1, 0.15) is 0 Å². The molecular weight excluding hydrogens is 240 g/mol. The standard InChI is InChI=1S/C15H22N2O2/c1-11(2)17-13(18)10-16-14(19)15(3,4)12-8-6-5-7-9-12/h5-9,11H,10H2,1-4H3,(H,16,19)(H,17,18). The van der Waals surface area contributed by atoms with Crippen LogP contribution in [0, 0.1) is 0 Å². The number of amides is 2. The lowest BCUT2D eigenvalue weighted by molar-refractivity contribution is -0.129. The van der Waals surface area contributed by atoms with Gasteiger partial charge in [0.05, 0.1) is 12.0 Å². The van der Waals surface area contributed by atoms with Crippen LogP contribution in [-0.4, -0.2) is 24.4 Å². The zero-order valence-electron chi connectivity index (χ0n) is 12.0. The Labute approximate surface area is 114 Å². The molecule has 1 aromatic carbocycles. The van der Waals surface area contributed by atoms with Gasteiger partial charge in [-0.25, -0.2) is 0 Å². The van der Waals surface area contributed by atoms with Crippen molar-refractivity contribution in [3.05, 3.63) is 35.9 Å². The van der Waals surface area contributed by atoms with E-state index in [1.54, 1.807) is 0 Å². The van der Waals surface area contributed by atoms with Crippen molar-refractivity contribution in [3.8, 4) is 0 Å². The van der Waals surface area contributed by atoms with E-state index >= 15 is 0 Å². The van der Waals surface area contributed by atoms with Crippen molar-refractivity contribution in [2.75, 3.05) is 6.54 Å². The van der Waals surface area contributed by atoms with Crippen LogP contribution in [0.1, 0.15) is 33.3 Å². The molecule has 104 valence electrons. The van der Waals surface area contributed by atoms with E-state index in [1.807, 2.05) is 58.0 Å². The lowest BCUT2D eigenvalue weighted by Crippen LogP contribution is -2.45. The second kappa shape index (κ2) is 6.36. The first-order chi connectivity index (χ1) is 8.84. The van der Waals surface area contributed by atoms with Crippen LogP contribution < -0.4 is 10.6 Å². The van der Waals surface area contributed by atoms with E-state index in [9.17, 15) is 9.59 Å². The molecule has 0 aromatic heterocycles. The molecule has 0 saturated carbocycles. The third-order valence-corrected chi connectivity index (χ3v) is 2.92. The number of hydrogen-bond donors (Lipinski definition) is 2. The van der Waals surface area contributed by atoms with Crippen molar-refractivity contribution in [1.82, 2.24) is 10.6 Å². The second-order valence-electron chi connectivity index (χ2n) is 5.40.